The average Bonchev–Trinajstić information content (AvgIpc) is 3.37. The number of hydrogen-bond donors (Lipinski definition) is 0. The lowest BCUT2D eigenvalue weighted by Gasteiger charge is -2.12. The maximum atomic E-state index is 13.2. The molecule has 7 heteroatoms. The first kappa shape index (κ1) is 18.0. The zero-order valence-electron chi connectivity index (χ0n) is 14.6. The summed E-state index contributed by atoms with van der Waals surface area (Å²) < 4.78 is 30.4. The third-order valence-electron chi connectivity index (χ3n) is 4.36. The molecule has 2 aromatic carbocycles. The predicted octanol–water partition coefficient (Wildman–Crippen LogP) is 4.34. The van der Waals surface area contributed by atoms with Crippen molar-refractivity contribution in [3.63, 3.8) is 0 Å². The molecule has 1 aliphatic carbocycles. The van der Waals surface area contributed by atoms with Crippen LogP contribution in [0.15, 0.2) is 73.9 Å². The maximum absolute atomic E-state index is 13.2. The fourth-order valence-electron chi connectivity index (χ4n) is 2.98. The Kier molecular flexibility index (Phi) is 4.65. The molecule has 0 atom stereocenters. The molecule has 0 amide bonds. The Morgan fingerprint density at radius 1 is 1.07 bits per heavy atom. The fraction of sp³-hybridized carbons (Fsp3) is 0.200. The van der Waals surface area contributed by atoms with Crippen molar-refractivity contribution < 1.29 is 17.7 Å². The number of aromatic nitrogens is 1. The van der Waals surface area contributed by atoms with Crippen molar-refractivity contribution in [3.05, 3.63) is 71.6 Å². The maximum Gasteiger partial charge on any atom is 0.199 e. The molecule has 0 spiro atoms. The number of carbonyl (C=O) groups excluding carboxylic acids is 1. The van der Waals surface area contributed by atoms with Gasteiger partial charge in [0.15, 0.2) is 21.4 Å². The second-order valence-corrected chi connectivity index (χ2v) is 9.60. The monoisotopic (exact) mass is 399 g/mol. The lowest BCUT2D eigenvalue weighted by Crippen LogP contribution is -2.11. The second-order valence-electron chi connectivity index (χ2n) is 6.53. The summed E-state index contributed by atoms with van der Waals surface area (Å²) in [6.07, 6.45) is 4.43. The molecule has 1 aliphatic rings. The highest BCUT2D eigenvalue weighted by molar-refractivity contribution is 8.00. The van der Waals surface area contributed by atoms with E-state index in [1.807, 2.05) is 30.3 Å². The van der Waals surface area contributed by atoms with Crippen LogP contribution in [-0.2, 0) is 9.84 Å². The molecule has 138 valence electrons. The lowest BCUT2D eigenvalue weighted by molar-refractivity contribution is 0.103. The van der Waals surface area contributed by atoms with Crippen LogP contribution in [0.5, 0.6) is 0 Å². The Morgan fingerprint density at radius 3 is 2.48 bits per heavy atom. The average molecular weight is 399 g/mol. The van der Waals surface area contributed by atoms with Crippen molar-refractivity contribution in [1.29, 1.82) is 0 Å². The van der Waals surface area contributed by atoms with E-state index in [1.54, 1.807) is 18.2 Å². The van der Waals surface area contributed by atoms with Crippen molar-refractivity contribution in [2.45, 2.75) is 33.4 Å². The van der Waals surface area contributed by atoms with Gasteiger partial charge in [0.25, 0.3) is 0 Å². The first-order chi connectivity index (χ1) is 12.9. The predicted molar refractivity (Wildman–Crippen MR) is 102 cm³/mol. The quantitative estimate of drug-likeness (QED) is 0.574. The van der Waals surface area contributed by atoms with Crippen molar-refractivity contribution in [1.82, 2.24) is 5.16 Å². The van der Waals surface area contributed by atoms with Crippen LogP contribution in [0.2, 0.25) is 0 Å². The topological polar surface area (TPSA) is 77.2 Å². The van der Waals surface area contributed by atoms with Crippen LogP contribution in [-0.4, -0.2) is 25.6 Å². The highest BCUT2D eigenvalue weighted by Gasteiger charge is 2.34. The first-order valence-corrected chi connectivity index (χ1v) is 11.2. The zero-order chi connectivity index (χ0) is 19.0. The van der Waals surface area contributed by atoms with Gasteiger partial charge >= 0.3 is 0 Å². The Labute approximate surface area is 161 Å². The van der Waals surface area contributed by atoms with Crippen LogP contribution in [0, 0.1) is 0 Å². The summed E-state index contributed by atoms with van der Waals surface area (Å²) >= 11 is 1.32. The van der Waals surface area contributed by atoms with E-state index in [0.717, 1.165) is 24.0 Å². The molecule has 0 saturated heterocycles. The standard InChI is InChI=1S/C20H17NO4S2/c1-27(23,24)20-15(18(22)16-12-21-25-19(16)13-10-11-13)8-5-9-17(20)26-14-6-3-2-4-7-14/h2-9,12-13H,10-11H2,1H3. The third kappa shape index (κ3) is 3.70. The first-order valence-electron chi connectivity index (χ1n) is 8.50. The van der Waals surface area contributed by atoms with E-state index < -0.39 is 9.84 Å². The zero-order valence-corrected chi connectivity index (χ0v) is 16.2. The minimum atomic E-state index is -3.63. The molecule has 0 N–H and O–H groups in total. The molecule has 27 heavy (non-hydrogen) atoms. The number of sulfone groups is 1. The molecule has 1 fully saturated rings. The van der Waals surface area contributed by atoms with E-state index in [2.05, 4.69) is 5.16 Å². The lowest BCUT2D eigenvalue weighted by atomic mass is 10.0. The third-order valence-corrected chi connectivity index (χ3v) is 6.74. The Balaban J connectivity index is 1.82. The van der Waals surface area contributed by atoms with E-state index in [0.29, 0.717) is 16.2 Å². The van der Waals surface area contributed by atoms with Gasteiger partial charge < -0.3 is 4.52 Å². The minimum Gasteiger partial charge on any atom is -0.360 e. The van der Waals surface area contributed by atoms with Gasteiger partial charge in [0.2, 0.25) is 0 Å². The smallest absolute Gasteiger partial charge is 0.199 e. The molecule has 4 rings (SSSR count). The molecule has 0 radical (unpaired) electrons. The van der Waals surface area contributed by atoms with Crippen LogP contribution in [0.25, 0.3) is 0 Å². The number of carbonyl (C=O) groups is 1. The van der Waals surface area contributed by atoms with Crippen molar-refractivity contribution in [3.8, 4) is 0 Å². The summed E-state index contributed by atoms with van der Waals surface area (Å²) in [7, 11) is -3.63. The summed E-state index contributed by atoms with van der Waals surface area (Å²) in [5.74, 6) is 0.393. The molecule has 5 nitrogen and oxygen atoms in total. The fourth-order valence-corrected chi connectivity index (χ4v) is 5.45. The van der Waals surface area contributed by atoms with Crippen molar-refractivity contribution >= 4 is 27.4 Å². The summed E-state index contributed by atoms with van der Waals surface area (Å²) in [4.78, 5) is 14.6. The number of benzene rings is 2. The van der Waals surface area contributed by atoms with E-state index in [1.165, 1.54) is 18.0 Å². The summed E-state index contributed by atoms with van der Waals surface area (Å²) in [6.45, 7) is 0. The van der Waals surface area contributed by atoms with Gasteiger partial charge in [-0.05, 0) is 37.1 Å². The summed E-state index contributed by atoms with van der Waals surface area (Å²) in [6, 6.07) is 14.4. The molecular weight excluding hydrogens is 382 g/mol. The number of rotatable bonds is 6. The van der Waals surface area contributed by atoms with E-state index in [4.69, 9.17) is 4.52 Å². The van der Waals surface area contributed by atoms with Crippen LogP contribution in [0.1, 0.15) is 40.4 Å². The molecule has 3 aromatic rings. The van der Waals surface area contributed by atoms with E-state index in [-0.39, 0.29) is 22.2 Å². The van der Waals surface area contributed by atoms with Gasteiger partial charge in [-0.2, -0.15) is 0 Å². The highest BCUT2D eigenvalue weighted by atomic mass is 32.2. The Bertz CT molecular complexity index is 1100. The van der Waals surface area contributed by atoms with Crippen molar-refractivity contribution in [2.24, 2.45) is 0 Å². The normalized spacial score (nSPS) is 14.3. The SMILES string of the molecule is CS(=O)(=O)c1c(Sc2ccccc2)cccc1C(=O)c1cnoc1C1CC1. The second kappa shape index (κ2) is 6.98. The van der Waals surface area contributed by atoms with Crippen LogP contribution in [0.4, 0.5) is 0 Å². The van der Waals surface area contributed by atoms with Gasteiger partial charge in [-0.1, -0.05) is 41.2 Å². The van der Waals surface area contributed by atoms with E-state index >= 15 is 0 Å². The van der Waals surface area contributed by atoms with Gasteiger partial charge in [-0.3, -0.25) is 4.79 Å². The van der Waals surface area contributed by atoms with Gasteiger partial charge in [0, 0.05) is 27.5 Å². The van der Waals surface area contributed by atoms with Crippen LogP contribution in [0.3, 0.4) is 0 Å². The number of ketones is 1. The van der Waals surface area contributed by atoms with Gasteiger partial charge in [0.1, 0.15) is 0 Å². The summed E-state index contributed by atoms with van der Waals surface area (Å²) in [5.41, 5.74) is 0.507. The largest absolute Gasteiger partial charge is 0.360 e. The minimum absolute atomic E-state index is 0.0480. The molecule has 1 saturated carbocycles. The van der Waals surface area contributed by atoms with Gasteiger partial charge in [-0.15, -0.1) is 0 Å². The van der Waals surface area contributed by atoms with Gasteiger partial charge in [-0.25, -0.2) is 8.42 Å². The molecular formula is C20H17NO4S2. The number of nitrogens with zero attached hydrogens (tertiary/aromatic N) is 1. The molecule has 0 aliphatic heterocycles. The number of hydrogen-bond acceptors (Lipinski definition) is 6. The summed E-state index contributed by atoms with van der Waals surface area (Å²) in [5, 5.41) is 3.76. The molecule has 0 bridgehead atoms. The van der Waals surface area contributed by atoms with Crippen molar-refractivity contribution in [2.75, 3.05) is 6.26 Å². The highest BCUT2D eigenvalue weighted by Crippen LogP contribution is 2.43. The van der Waals surface area contributed by atoms with Crippen LogP contribution < -0.4 is 0 Å². The molecule has 1 heterocycles. The van der Waals surface area contributed by atoms with E-state index in [9.17, 15) is 13.2 Å². The molecule has 0 unspecified atom stereocenters. The van der Waals surface area contributed by atoms with Crippen LogP contribution >= 0.6 is 11.8 Å². The Morgan fingerprint density at radius 2 is 1.81 bits per heavy atom. The van der Waals surface area contributed by atoms with Gasteiger partial charge in [0.05, 0.1) is 16.7 Å². The molecule has 1 aromatic heterocycles. The Hall–Kier alpha value is -2.38.